The van der Waals surface area contributed by atoms with Crippen molar-refractivity contribution < 1.29 is 27.4 Å². The highest BCUT2D eigenvalue weighted by molar-refractivity contribution is 7.89. The molecule has 0 aliphatic heterocycles. The van der Waals surface area contributed by atoms with Crippen LogP contribution in [-0.2, 0) is 23.1 Å². The molecule has 0 unspecified atom stereocenters. The third-order valence-corrected chi connectivity index (χ3v) is 8.50. The van der Waals surface area contributed by atoms with Crippen molar-refractivity contribution in [2.75, 3.05) is 14.2 Å². The molecule has 0 fully saturated rings. The van der Waals surface area contributed by atoms with E-state index < -0.39 is 26.5 Å². The zero-order chi connectivity index (χ0) is 28.3. The van der Waals surface area contributed by atoms with Gasteiger partial charge in [-0.2, -0.15) is 4.31 Å². The van der Waals surface area contributed by atoms with Crippen molar-refractivity contribution in [1.82, 2.24) is 4.31 Å². The molecule has 11 heteroatoms. The Hall–Kier alpha value is -3.01. The predicted octanol–water partition coefficient (Wildman–Crippen LogP) is 7.57. The second kappa shape index (κ2) is 12.0. The van der Waals surface area contributed by atoms with E-state index in [9.17, 15) is 17.9 Å². The Balaban J connectivity index is 1.85. The van der Waals surface area contributed by atoms with Gasteiger partial charge in [0, 0.05) is 28.7 Å². The van der Waals surface area contributed by atoms with E-state index in [1.807, 2.05) is 12.1 Å². The molecule has 0 aromatic heterocycles. The summed E-state index contributed by atoms with van der Waals surface area (Å²) < 4.78 is 53.7. The van der Waals surface area contributed by atoms with Gasteiger partial charge in [0.15, 0.2) is 17.2 Å². The maximum Gasteiger partial charge on any atom is 0.247 e. The van der Waals surface area contributed by atoms with Crippen LogP contribution in [-0.4, -0.2) is 32.0 Å². The van der Waals surface area contributed by atoms with Crippen LogP contribution in [0.1, 0.15) is 11.1 Å². The fourth-order valence-electron chi connectivity index (χ4n) is 4.06. The molecule has 0 aliphatic carbocycles. The number of halogens is 4. The first-order chi connectivity index (χ1) is 18.5. The van der Waals surface area contributed by atoms with Crippen LogP contribution in [0.4, 0.5) is 4.39 Å². The summed E-state index contributed by atoms with van der Waals surface area (Å²) in [6.07, 6.45) is 0. The number of ether oxygens (including phenoxy) is 2. The quantitative estimate of drug-likeness (QED) is 0.212. The normalized spacial score (nSPS) is 11.6. The molecule has 0 saturated carbocycles. The van der Waals surface area contributed by atoms with Gasteiger partial charge >= 0.3 is 0 Å². The number of phenolic OH excluding ortho intramolecular Hbond substituents is 1. The van der Waals surface area contributed by atoms with E-state index in [2.05, 4.69) is 0 Å². The predicted molar refractivity (Wildman–Crippen MR) is 151 cm³/mol. The van der Waals surface area contributed by atoms with E-state index in [1.165, 1.54) is 44.6 Å². The van der Waals surface area contributed by atoms with Crippen molar-refractivity contribution in [1.29, 1.82) is 0 Å². The number of nitrogens with zero attached hydrogens (tertiary/aromatic N) is 1. The van der Waals surface area contributed by atoms with Gasteiger partial charge < -0.3 is 14.6 Å². The van der Waals surface area contributed by atoms with E-state index in [1.54, 1.807) is 24.3 Å². The topological polar surface area (TPSA) is 76.1 Å². The SMILES string of the molecule is COc1cc(CN(Cc2ccc(F)cc2)S(=O)(=O)c2cc(Cl)cc(Cl)c2O)cc(-c2ccc(Cl)cc2)c1OC. The Morgan fingerprint density at radius 2 is 1.46 bits per heavy atom. The summed E-state index contributed by atoms with van der Waals surface area (Å²) in [7, 11) is -1.38. The summed E-state index contributed by atoms with van der Waals surface area (Å²) in [6.45, 7) is -0.291. The lowest BCUT2D eigenvalue weighted by Crippen LogP contribution is -2.30. The number of phenols is 1. The molecule has 204 valence electrons. The molecular formula is C28H23Cl3FNO5S. The highest BCUT2D eigenvalue weighted by Crippen LogP contribution is 2.41. The third kappa shape index (κ3) is 6.42. The third-order valence-electron chi connectivity index (χ3n) is 5.94. The van der Waals surface area contributed by atoms with Crippen molar-refractivity contribution in [3.8, 4) is 28.4 Å². The monoisotopic (exact) mass is 609 g/mol. The average molecular weight is 611 g/mol. The molecule has 39 heavy (non-hydrogen) atoms. The number of aromatic hydroxyl groups is 1. The molecule has 4 aromatic carbocycles. The van der Waals surface area contributed by atoms with Gasteiger partial charge in [-0.3, -0.25) is 0 Å². The molecule has 0 saturated heterocycles. The number of sulfonamides is 1. The molecule has 0 heterocycles. The van der Waals surface area contributed by atoms with Crippen LogP contribution >= 0.6 is 34.8 Å². The number of rotatable bonds is 9. The lowest BCUT2D eigenvalue weighted by atomic mass is 10.0. The Morgan fingerprint density at radius 1 is 0.821 bits per heavy atom. The molecule has 4 aromatic rings. The minimum atomic E-state index is -4.37. The van der Waals surface area contributed by atoms with Crippen LogP contribution in [0.2, 0.25) is 15.1 Å². The van der Waals surface area contributed by atoms with Crippen LogP contribution < -0.4 is 9.47 Å². The Kier molecular flexibility index (Phi) is 8.93. The first kappa shape index (κ1) is 29.0. The summed E-state index contributed by atoms with van der Waals surface area (Å²) in [4.78, 5) is -0.458. The lowest BCUT2D eigenvalue weighted by molar-refractivity contribution is 0.353. The number of methoxy groups -OCH3 is 2. The van der Waals surface area contributed by atoms with Gasteiger partial charge in [0.2, 0.25) is 10.0 Å². The van der Waals surface area contributed by atoms with E-state index in [4.69, 9.17) is 44.3 Å². The van der Waals surface area contributed by atoms with Gasteiger partial charge in [0.05, 0.1) is 19.2 Å². The highest BCUT2D eigenvalue weighted by Gasteiger charge is 2.30. The van der Waals surface area contributed by atoms with Gasteiger partial charge in [0.1, 0.15) is 10.7 Å². The molecule has 0 radical (unpaired) electrons. The summed E-state index contributed by atoms with van der Waals surface area (Å²) in [5.74, 6) is -0.247. The largest absolute Gasteiger partial charge is 0.505 e. The van der Waals surface area contributed by atoms with Gasteiger partial charge in [-0.15, -0.1) is 0 Å². The molecule has 0 bridgehead atoms. The second-order valence-electron chi connectivity index (χ2n) is 8.52. The zero-order valence-corrected chi connectivity index (χ0v) is 23.9. The van der Waals surface area contributed by atoms with Gasteiger partial charge in [-0.1, -0.05) is 59.1 Å². The Bertz CT molecular complexity index is 1600. The first-order valence-electron chi connectivity index (χ1n) is 11.5. The molecule has 0 amide bonds. The van der Waals surface area contributed by atoms with E-state index in [0.717, 1.165) is 15.9 Å². The van der Waals surface area contributed by atoms with Gasteiger partial charge in [-0.25, -0.2) is 12.8 Å². The van der Waals surface area contributed by atoms with Crippen LogP contribution in [0.25, 0.3) is 11.1 Å². The second-order valence-corrected chi connectivity index (χ2v) is 11.7. The molecule has 6 nitrogen and oxygen atoms in total. The van der Waals surface area contributed by atoms with Crippen molar-refractivity contribution in [2.45, 2.75) is 18.0 Å². The first-order valence-corrected chi connectivity index (χ1v) is 14.0. The van der Waals surface area contributed by atoms with Crippen LogP contribution in [0.15, 0.2) is 77.7 Å². The van der Waals surface area contributed by atoms with E-state index in [-0.39, 0.29) is 23.1 Å². The smallest absolute Gasteiger partial charge is 0.247 e. The summed E-state index contributed by atoms with van der Waals surface area (Å²) in [5.41, 5.74) is 2.49. The molecular weight excluding hydrogens is 588 g/mol. The number of hydrogen-bond donors (Lipinski definition) is 1. The lowest BCUT2D eigenvalue weighted by Gasteiger charge is -2.24. The fraction of sp³-hybridized carbons (Fsp3) is 0.143. The van der Waals surface area contributed by atoms with Crippen molar-refractivity contribution >= 4 is 44.8 Å². The summed E-state index contributed by atoms with van der Waals surface area (Å²) in [5, 5.41) is 10.9. The Labute approximate surface area is 241 Å². The molecule has 0 spiro atoms. The van der Waals surface area contributed by atoms with E-state index in [0.29, 0.717) is 33.2 Å². The van der Waals surface area contributed by atoms with Gasteiger partial charge in [-0.05, 0) is 65.2 Å². The van der Waals surface area contributed by atoms with Crippen molar-refractivity contribution in [3.63, 3.8) is 0 Å². The molecule has 4 rings (SSSR count). The van der Waals surface area contributed by atoms with Crippen LogP contribution in [0.3, 0.4) is 0 Å². The molecule has 0 atom stereocenters. The number of benzene rings is 4. The maximum atomic E-state index is 13.9. The fourth-order valence-corrected chi connectivity index (χ4v) is 6.34. The Morgan fingerprint density at radius 3 is 2.08 bits per heavy atom. The average Bonchev–Trinajstić information content (AvgIpc) is 2.91. The highest BCUT2D eigenvalue weighted by atomic mass is 35.5. The van der Waals surface area contributed by atoms with Crippen LogP contribution in [0.5, 0.6) is 17.2 Å². The van der Waals surface area contributed by atoms with Crippen LogP contribution in [0, 0.1) is 5.82 Å². The zero-order valence-electron chi connectivity index (χ0n) is 20.8. The van der Waals surface area contributed by atoms with Crippen molar-refractivity contribution in [3.05, 3.63) is 105 Å². The molecule has 1 N–H and O–H groups in total. The maximum absolute atomic E-state index is 13.9. The minimum Gasteiger partial charge on any atom is -0.505 e. The summed E-state index contributed by atoms with van der Waals surface area (Å²) >= 11 is 18.2. The molecule has 0 aliphatic rings. The number of hydrogen-bond acceptors (Lipinski definition) is 5. The minimum absolute atomic E-state index is 0.0363. The van der Waals surface area contributed by atoms with Gasteiger partial charge in [0.25, 0.3) is 0 Å². The summed E-state index contributed by atoms with van der Waals surface area (Å²) in [6, 6.07) is 18.3. The van der Waals surface area contributed by atoms with E-state index >= 15 is 0 Å². The van der Waals surface area contributed by atoms with Crippen molar-refractivity contribution in [2.24, 2.45) is 0 Å². The standard InChI is InChI=1S/C28H23Cl3FNO5S/c1-37-25-12-18(11-23(28(25)38-2)19-5-7-20(29)8-6-19)16-33(15-17-3-9-22(32)10-4-17)39(35,36)26-14-21(30)13-24(31)27(26)34/h3-14,34H,15-16H2,1-2H3.